The van der Waals surface area contributed by atoms with Crippen LogP contribution in [0.15, 0.2) is 66.9 Å². The summed E-state index contributed by atoms with van der Waals surface area (Å²) in [6.45, 7) is 6.55. The van der Waals surface area contributed by atoms with Crippen LogP contribution in [-0.2, 0) is 6.54 Å². The summed E-state index contributed by atoms with van der Waals surface area (Å²) in [7, 11) is 0. The van der Waals surface area contributed by atoms with Gasteiger partial charge in [0.2, 0.25) is 0 Å². The summed E-state index contributed by atoms with van der Waals surface area (Å²) < 4.78 is 13.3. The SMILES string of the molecule is CCOc1ccc(NC(=O)N2CCn3cccc3[C@@H]2c2ccc(OCC)cc2)cc1. The monoisotopic (exact) mass is 405 g/mol. The number of carbonyl (C=O) groups excluding carboxylic acids is 1. The topological polar surface area (TPSA) is 55.7 Å². The molecule has 3 aromatic rings. The fourth-order valence-corrected chi connectivity index (χ4v) is 3.86. The molecule has 0 radical (unpaired) electrons. The maximum atomic E-state index is 13.2. The number of anilines is 1. The van der Waals surface area contributed by atoms with Crippen molar-refractivity contribution in [2.75, 3.05) is 25.1 Å². The van der Waals surface area contributed by atoms with Crippen molar-refractivity contribution in [1.82, 2.24) is 9.47 Å². The number of amides is 2. The quantitative estimate of drug-likeness (QED) is 0.633. The van der Waals surface area contributed by atoms with Crippen LogP contribution in [0.25, 0.3) is 0 Å². The van der Waals surface area contributed by atoms with Crippen molar-refractivity contribution in [3.63, 3.8) is 0 Å². The number of hydrogen-bond acceptors (Lipinski definition) is 3. The lowest BCUT2D eigenvalue weighted by Crippen LogP contribution is -2.44. The van der Waals surface area contributed by atoms with Gasteiger partial charge in [0, 0.05) is 30.7 Å². The Kier molecular flexibility index (Phi) is 5.93. The third-order valence-electron chi connectivity index (χ3n) is 5.22. The lowest BCUT2D eigenvalue weighted by Gasteiger charge is -2.37. The van der Waals surface area contributed by atoms with E-state index in [4.69, 9.17) is 9.47 Å². The van der Waals surface area contributed by atoms with Crippen molar-refractivity contribution in [2.24, 2.45) is 0 Å². The zero-order valence-corrected chi connectivity index (χ0v) is 17.4. The van der Waals surface area contributed by atoms with E-state index >= 15 is 0 Å². The zero-order valence-electron chi connectivity index (χ0n) is 17.4. The molecule has 6 heteroatoms. The minimum absolute atomic E-state index is 0.120. The molecule has 0 saturated carbocycles. The van der Waals surface area contributed by atoms with Crippen LogP contribution >= 0.6 is 0 Å². The highest BCUT2D eigenvalue weighted by atomic mass is 16.5. The Labute approximate surface area is 177 Å². The van der Waals surface area contributed by atoms with E-state index in [0.717, 1.165) is 35.0 Å². The Hall–Kier alpha value is -3.41. The van der Waals surface area contributed by atoms with Crippen LogP contribution in [0.1, 0.15) is 31.1 Å². The lowest BCUT2D eigenvalue weighted by atomic mass is 10.00. The lowest BCUT2D eigenvalue weighted by molar-refractivity contribution is 0.182. The highest BCUT2D eigenvalue weighted by Crippen LogP contribution is 2.33. The van der Waals surface area contributed by atoms with E-state index in [0.29, 0.717) is 19.8 Å². The Morgan fingerprint density at radius 3 is 2.20 bits per heavy atom. The molecule has 0 aliphatic carbocycles. The molecule has 1 atom stereocenters. The van der Waals surface area contributed by atoms with Gasteiger partial charge in [-0.3, -0.25) is 0 Å². The molecule has 0 spiro atoms. The number of rotatable bonds is 6. The van der Waals surface area contributed by atoms with Crippen LogP contribution in [-0.4, -0.2) is 35.3 Å². The number of aromatic nitrogens is 1. The number of nitrogens with zero attached hydrogens (tertiary/aromatic N) is 2. The van der Waals surface area contributed by atoms with Crippen molar-refractivity contribution in [2.45, 2.75) is 26.4 Å². The van der Waals surface area contributed by atoms with E-state index in [1.165, 1.54) is 0 Å². The Morgan fingerprint density at radius 2 is 1.57 bits per heavy atom. The summed E-state index contributed by atoms with van der Waals surface area (Å²) in [5.74, 6) is 1.62. The van der Waals surface area contributed by atoms with Gasteiger partial charge in [-0.05, 0) is 67.9 Å². The van der Waals surface area contributed by atoms with E-state index in [1.54, 1.807) is 0 Å². The normalized spacial score (nSPS) is 15.4. The van der Waals surface area contributed by atoms with Crippen LogP contribution in [0.3, 0.4) is 0 Å². The zero-order chi connectivity index (χ0) is 20.9. The first-order valence-electron chi connectivity index (χ1n) is 10.4. The molecule has 2 heterocycles. The van der Waals surface area contributed by atoms with Gasteiger partial charge in [0.1, 0.15) is 11.5 Å². The molecule has 1 N–H and O–H groups in total. The van der Waals surface area contributed by atoms with Crippen LogP contribution in [0, 0.1) is 0 Å². The molecule has 6 nitrogen and oxygen atoms in total. The van der Waals surface area contributed by atoms with Gasteiger partial charge in [-0.1, -0.05) is 12.1 Å². The Balaban J connectivity index is 1.58. The largest absolute Gasteiger partial charge is 0.494 e. The van der Waals surface area contributed by atoms with E-state index < -0.39 is 0 Å². The molecule has 1 aliphatic rings. The van der Waals surface area contributed by atoms with E-state index in [2.05, 4.69) is 22.1 Å². The van der Waals surface area contributed by atoms with Gasteiger partial charge in [0.25, 0.3) is 0 Å². The summed E-state index contributed by atoms with van der Waals surface area (Å²) in [4.78, 5) is 15.1. The molecule has 1 aliphatic heterocycles. The maximum absolute atomic E-state index is 13.2. The molecule has 30 heavy (non-hydrogen) atoms. The number of ether oxygens (including phenoxy) is 2. The van der Waals surface area contributed by atoms with Gasteiger partial charge in [0.05, 0.1) is 19.3 Å². The molecule has 0 bridgehead atoms. The summed E-state index contributed by atoms with van der Waals surface area (Å²) in [6.07, 6.45) is 2.07. The molecule has 0 unspecified atom stereocenters. The third kappa shape index (κ3) is 4.13. The molecule has 2 amide bonds. The standard InChI is InChI=1S/C24H27N3O3/c1-3-29-20-11-7-18(8-12-20)23-22-6-5-15-26(22)16-17-27(23)24(28)25-19-9-13-21(14-10-19)30-4-2/h5-15,23H,3-4,16-17H2,1-2H3,(H,25,28)/t23-/m0/s1. The van der Waals surface area contributed by atoms with Crippen LogP contribution in [0.2, 0.25) is 0 Å². The van der Waals surface area contributed by atoms with Gasteiger partial charge >= 0.3 is 6.03 Å². The number of hydrogen-bond donors (Lipinski definition) is 1. The number of fused-ring (bicyclic) bond motifs is 1. The van der Waals surface area contributed by atoms with Gasteiger partial charge < -0.3 is 24.3 Å². The minimum Gasteiger partial charge on any atom is -0.494 e. The molecular formula is C24H27N3O3. The van der Waals surface area contributed by atoms with Gasteiger partial charge in [-0.15, -0.1) is 0 Å². The second-order valence-corrected chi connectivity index (χ2v) is 7.11. The average Bonchev–Trinajstić information content (AvgIpc) is 3.24. The highest BCUT2D eigenvalue weighted by molar-refractivity contribution is 5.90. The second-order valence-electron chi connectivity index (χ2n) is 7.11. The number of carbonyl (C=O) groups is 1. The van der Waals surface area contributed by atoms with Crippen molar-refractivity contribution in [1.29, 1.82) is 0 Å². The fourth-order valence-electron chi connectivity index (χ4n) is 3.86. The Morgan fingerprint density at radius 1 is 0.933 bits per heavy atom. The van der Waals surface area contributed by atoms with Crippen LogP contribution in [0.4, 0.5) is 10.5 Å². The van der Waals surface area contributed by atoms with Gasteiger partial charge in [-0.2, -0.15) is 0 Å². The molecule has 0 saturated heterocycles. The third-order valence-corrected chi connectivity index (χ3v) is 5.22. The molecule has 2 aromatic carbocycles. The number of nitrogens with one attached hydrogen (secondary N) is 1. The van der Waals surface area contributed by atoms with Crippen molar-refractivity contribution < 1.29 is 14.3 Å². The first kappa shape index (κ1) is 19.9. The van der Waals surface area contributed by atoms with Crippen molar-refractivity contribution in [3.05, 3.63) is 78.1 Å². The number of benzene rings is 2. The van der Waals surface area contributed by atoms with Crippen LogP contribution < -0.4 is 14.8 Å². The summed E-state index contributed by atoms with van der Waals surface area (Å²) in [6, 6.07) is 19.3. The minimum atomic E-state index is -0.160. The molecule has 156 valence electrons. The molecular weight excluding hydrogens is 378 g/mol. The smallest absolute Gasteiger partial charge is 0.322 e. The first-order chi connectivity index (χ1) is 14.7. The average molecular weight is 405 g/mol. The predicted octanol–water partition coefficient (Wildman–Crippen LogP) is 4.92. The van der Waals surface area contributed by atoms with Gasteiger partial charge in [-0.25, -0.2) is 4.79 Å². The maximum Gasteiger partial charge on any atom is 0.322 e. The van der Waals surface area contributed by atoms with E-state index in [9.17, 15) is 4.79 Å². The molecule has 1 aromatic heterocycles. The predicted molar refractivity (Wildman–Crippen MR) is 117 cm³/mol. The molecule has 4 rings (SSSR count). The highest BCUT2D eigenvalue weighted by Gasteiger charge is 2.32. The van der Waals surface area contributed by atoms with E-state index in [-0.39, 0.29) is 12.1 Å². The van der Waals surface area contributed by atoms with Crippen molar-refractivity contribution in [3.8, 4) is 11.5 Å². The van der Waals surface area contributed by atoms with Gasteiger partial charge in [0.15, 0.2) is 0 Å². The molecule has 0 fully saturated rings. The summed E-state index contributed by atoms with van der Waals surface area (Å²) >= 11 is 0. The first-order valence-corrected chi connectivity index (χ1v) is 10.4. The van der Waals surface area contributed by atoms with Crippen LogP contribution in [0.5, 0.6) is 11.5 Å². The second kappa shape index (κ2) is 8.95. The number of urea groups is 1. The fraction of sp³-hybridized carbons (Fsp3) is 0.292. The Bertz CT molecular complexity index is 980. The summed E-state index contributed by atoms with van der Waals surface area (Å²) in [5.41, 5.74) is 2.90. The summed E-state index contributed by atoms with van der Waals surface area (Å²) in [5, 5.41) is 3.03. The van der Waals surface area contributed by atoms with Crippen molar-refractivity contribution >= 4 is 11.7 Å². The van der Waals surface area contributed by atoms with E-state index in [1.807, 2.05) is 73.3 Å².